The fourth-order valence-electron chi connectivity index (χ4n) is 1.95. The summed E-state index contributed by atoms with van der Waals surface area (Å²) in [7, 11) is 1.58. The van der Waals surface area contributed by atoms with Gasteiger partial charge in [-0.05, 0) is 12.8 Å². The smallest absolute Gasteiger partial charge is 0.233 e. The van der Waals surface area contributed by atoms with E-state index in [2.05, 4.69) is 15.3 Å². The van der Waals surface area contributed by atoms with E-state index in [-0.39, 0.29) is 11.4 Å². The summed E-state index contributed by atoms with van der Waals surface area (Å²) in [5.41, 5.74) is 0. The van der Waals surface area contributed by atoms with Crippen molar-refractivity contribution in [3.63, 3.8) is 0 Å². The van der Waals surface area contributed by atoms with E-state index in [0.29, 0.717) is 5.88 Å². The molecule has 1 aromatic rings. The molecule has 0 radical (unpaired) electrons. The number of hydrogen-bond acceptors (Lipinski definition) is 4. The number of nitrogens with one attached hydrogen (secondary N) is 1. The Morgan fingerprint density at radius 2 is 2.19 bits per heavy atom. The average Bonchev–Trinajstić information content (AvgIpc) is 2.32. The molecule has 0 amide bonds. The first kappa shape index (κ1) is 11.5. The fourth-order valence-corrected chi connectivity index (χ4v) is 2.30. The first-order chi connectivity index (χ1) is 7.79. The molecule has 1 fully saturated rings. The van der Waals surface area contributed by atoms with Gasteiger partial charge in [0.1, 0.15) is 5.82 Å². The van der Waals surface area contributed by atoms with E-state index in [9.17, 15) is 0 Å². The number of anilines is 1. The van der Waals surface area contributed by atoms with Crippen LogP contribution in [0.5, 0.6) is 5.88 Å². The highest BCUT2D eigenvalue weighted by molar-refractivity contribution is 6.21. The van der Waals surface area contributed by atoms with Gasteiger partial charge in [0.2, 0.25) is 5.88 Å². The number of ether oxygens (including phenoxy) is 1. The summed E-state index contributed by atoms with van der Waals surface area (Å²) in [5.74, 6) is 1.25. The lowest BCUT2D eigenvalue weighted by Gasteiger charge is -2.28. The second-order valence-corrected chi connectivity index (χ2v) is 4.56. The molecule has 2 atom stereocenters. The van der Waals surface area contributed by atoms with E-state index in [4.69, 9.17) is 16.3 Å². The molecule has 5 heteroatoms. The predicted molar refractivity (Wildman–Crippen MR) is 64.1 cm³/mol. The van der Waals surface area contributed by atoms with Crippen molar-refractivity contribution in [2.75, 3.05) is 12.4 Å². The Morgan fingerprint density at radius 1 is 1.38 bits per heavy atom. The van der Waals surface area contributed by atoms with Crippen LogP contribution in [0, 0.1) is 0 Å². The Bertz CT molecular complexity index is 348. The van der Waals surface area contributed by atoms with Crippen LogP contribution in [-0.2, 0) is 0 Å². The van der Waals surface area contributed by atoms with Crippen molar-refractivity contribution in [3.8, 4) is 5.88 Å². The Labute approximate surface area is 100 Å². The molecule has 2 rings (SSSR count). The summed E-state index contributed by atoms with van der Waals surface area (Å²) >= 11 is 6.26. The summed E-state index contributed by atoms with van der Waals surface area (Å²) in [5, 5.41) is 3.50. The van der Waals surface area contributed by atoms with Gasteiger partial charge in [0.05, 0.1) is 24.9 Å². The van der Waals surface area contributed by atoms with Gasteiger partial charge in [-0.3, -0.25) is 4.98 Å². The first-order valence-electron chi connectivity index (χ1n) is 5.56. The van der Waals surface area contributed by atoms with E-state index in [0.717, 1.165) is 18.7 Å². The van der Waals surface area contributed by atoms with E-state index in [1.165, 1.54) is 12.8 Å². The summed E-state index contributed by atoms with van der Waals surface area (Å²) in [6.45, 7) is 0. The van der Waals surface area contributed by atoms with Crippen LogP contribution < -0.4 is 10.1 Å². The standard InChI is InChI=1S/C11H16ClN3O/c1-16-11-7-13-6-10(15-11)14-9-5-3-2-4-8(9)12/h6-9H,2-5H2,1H3,(H,14,15). The van der Waals surface area contributed by atoms with E-state index < -0.39 is 0 Å². The number of aromatic nitrogens is 2. The maximum absolute atomic E-state index is 6.26. The van der Waals surface area contributed by atoms with E-state index in [1.54, 1.807) is 19.5 Å². The molecule has 1 aromatic heterocycles. The molecule has 0 aliphatic heterocycles. The maximum Gasteiger partial charge on any atom is 0.233 e. The number of rotatable bonds is 3. The van der Waals surface area contributed by atoms with Crippen LogP contribution in [0.4, 0.5) is 5.82 Å². The van der Waals surface area contributed by atoms with Gasteiger partial charge in [0.15, 0.2) is 0 Å². The molecular formula is C11H16ClN3O. The van der Waals surface area contributed by atoms with Crippen LogP contribution >= 0.6 is 11.6 Å². The normalized spacial score (nSPS) is 25.1. The highest BCUT2D eigenvalue weighted by atomic mass is 35.5. The molecule has 16 heavy (non-hydrogen) atoms. The molecule has 4 nitrogen and oxygen atoms in total. The van der Waals surface area contributed by atoms with Gasteiger partial charge in [-0.2, -0.15) is 4.98 Å². The zero-order valence-electron chi connectivity index (χ0n) is 9.32. The van der Waals surface area contributed by atoms with Crippen molar-refractivity contribution in [3.05, 3.63) is 12.4 Å². The van der Waals surface area contributed by atoms with Gasteiger partial charge >= 0.3 is 0 Å². The molecule has 1 N–H and O–H groups in total. The summed E-state index contributed by atoms with van der Waals surface area (Å²) < 4.78 is 5.02. The molecule has 0 aromatic carbocycles. The molecule has 1 aliphatic carbocycles. The van der Waals surface area contributed by atoms with Crippen LogP contribution in [0.1, 0.15) is 25.7 Å². The summed E-state index contributed by atoms with van der Waals surface area (Å²) in [6, 6.07) is 0.289. The number of methoxy groups -OCH3 is 1. The van der Waals surface area contributed by atoms with Crippen molar-refractivity contribution in [1.29, 1.82) is 0 Å². The monoisotopic (exact) mass is 241 g/mol. The lowest BCUT2D eigenvalue weighted by atomic mass is 9.95. The number of alkyl halides is 1. The summed E-state index contributed by atoms with van der Waals surface area (Å²) in [6.07, 6.45) is 7.88. The fraction of sp³-hybridized carbons (Fsp3) is 0.636. The van der Waals surface area contributed by atoms with Gasteiger partial charge in [-0.25, -0.2) is 0 Å². The van der Waals surface area contributed by atoms with Crippen LogP contribution in [0.3, 0.4) is 0 Å². The predicted octanol–water partition coefficient (Wildman–Crippen LogP) is 2.45. The third-order valence-corrected chi connectivity index (χ3v) is 3.36. The third-order valence-electron chi connectivity index (χ3n) is 2.84. The zero-order chi connectivity index (χ0) is 11.4. The van der Waals surface area contributed by atoms with Gasteiger partial charge in [-0.1, -0.05) is 12.8 Å². The van der Waals surface area contributed by atoms with Gasteiger partial charge in [0, 0.05) is 6.04 Å². The van der Waals surface area contributed by atoms with Crippen LogP contribution in [0.2, 0.25) is 0 Å². The van der Waals surface area contributed by atoms with Gasteiger partial charge in [0.25, 0.3) is 0 Å². The zero-order valence-corrected chi connectivity index (χ0v) is 10.1. The van der Waals surface area contributed by atoms with Crippen LogP contribution in [0.15, 0.2) is 12.4 Å². The minimum absolute atomic E-state index is 0.182. The van der Waals surface area contributed by atoms with Crippen molar-refractivity contribution in [2.24, 2.45) is 0 Å². The molecule has 1 saturated carbocycles. The van der Waals surface area contributed by atoms with Crippen molar-refractivity contribution in [1.82, 2.24) is 9.97 Å². The Hall–Kier alpha value is -1.03. The molecule has 2 unspecified atom stereocenters. The number of hydrogen-bond donors (Lipinski definition) is 1. The largest absolute Gasteiger partial charge is 0.480 e. The Kier molecular flexibility index (Phi) is 3.83. The van der Waals surface area contributed by atoms with Crippen LogP contribution in [-0.4, -0.2) is 28.5 Å². The van der Waals surface area contributed by atoms with Gasteiger partial charge in [-0.15, -0.1) is 11.6 Å². The molecule has 0 spiro atoms. The molecular weight excluding hydrogens is 226 g/mol. The minimum atomic E-state index is 0.182. The number of nitrogens with zero attached hydrogens (tertiary/aromatic N) is 2. The summed E-state index contributed by atoms with van der Waals surface area (Å²) in [4.78, 5) is 8.32. The second kappa shape index (κ2) is 5.34. The quantitative estimate of drug-likeness (QED) is 0.826. The maximum atomic E-state index is 6.26. The van der Waals surface area contributed by atoms with Crippen LogP contribution in [0.25, 0.3) is 0 Å². The third kappa shape index (κ3) is 2.76. The van der Waals surface area contributed by atoms with E-state index >= 15 is 0 Å². The van der Waals surface area contributed by atoms with Crippen molar-refractivity contribution >= 4 is 17.4 Å². The lowest BCUT2D eigenvalue weighted by Crippen LogP contribution is -2.33. The molecule has 0 saturated heterocycles. The topological polar surface area (TPSA) is 47.0 Å². The lowest BCUT2D eigenvalue weighted by molar-refractivity contribution is 0.395. The molecule has 88 valence electrons. The number of halogens is 1. The molecule has 1 heterocycles. The minimum Gasteiger partial charge on any atom is -0.480 e. The Balaban J connectivity index is 2.01. The van der Waals surface area contributed by atoms with Crippen molar-refractivity contribution < 1.29 is 4.74 Å². The average molecular weight is 242 g/mol. The van der Waals surface area contributed by atoms with E-state index in [1.807, 2.05) is 0 Å². The SMILES string of the molecule is COc1cncc(NC2CCCCC2Cl)n1. The highest BCUT2D eigenvalue weighted by Crippen LogP contribution is 2.25. The molecule has 0 bridgehead atoms. The highest BCUT2D eigenvalue weighted by Gasteiger charge is 2.23. The van der Waals surface area contributed by atoms with Gasteiger partial charge < -0.3 is 10.1 Å². The van der Waals surface area contributed by atoms with Crippen molar-refractivity contribution in [2.45, 2.75) is 37.1 Å². The Morgan fingerprint density at radius 3 is 2.94 bits per heavy atom. The molecule has 1 aliphatic rings. The second-order valence-electron chi connectivity index (χ2n) is 4.00. The first-order valence-corrected chi connectivity index (χ1v) is 6.00.